The molecular weight excluding hydrogens is 418 g/mol. The number of aliphatic imine (C=N–C) groups is 1. The van der Waals surface area contributed by atoms with Crippen molar-refractivity contribution in [3.8, 4) is 17.2 Å². The Morgan fingerprint density at radius 1 is 1.23 bits per heavy atom. The van der Waals surface area contributed by atoms with Crippen LogP contribution >= 0.6 is 11.6 Å². The number of nitrogens with one attached hydrogen (secondary N) is 2. The Balaban J connectivity index is 1.69. The van der Waals surface area contributed by atoms with E-state index in [1.54, 1.807) is 27.5 Å². The average Bonchev–Trinajstić information content (AvgIpc) is 3.25. The van der Waals surface area contributed by atoms with Crippen LogP contribution in [0.15, 0.2) is 35.5 Å². The lowest BCUT2D eigenvalue weighted by Gasteiger charge is -2.20. The highest BCUT2D eigenvalue weighted by atomic mass is 35.5. The number of ether oxygens (including phenoxy) is 3. The molecule has 2 N–H and O–H groups in total. The van der Waals surface area contributed by atoms with Gasteiger partial charge in [0.05, 0.1) is 32.9 Å². The van der Waals surface area contributed by atoms with Gasteiger partial charge < -0.3 is 29.7 Å². The van der Waals surface area contributed by atoms with Gasteiger partial charge in [0.15, 0.2) is 17.5 Å². The number of hydrogen-bond acceptors (Lipinski definition) is 6. The molecule has 1 saturated heterocycles. The molecule has 0 bridgehead atoms. The van der Waals surface area contributed by atoms with Crippen molar-refractivity contribution >= 4 is 23.4 Å². The number of halogens is 1. The lowest BCUT2D eigenvalue weighted by molar-refractivity contribution is 0.324. The van der Waals surface area contributed by atoms with Crippen molar-refractivity contribution in [1.29, 1.82) is 0 Å². The van der Waals surface area contributed by atoms with Crippen LogP contribution in [-0.4, -0.2) is 57.9 Å². The molecule has 9 heteroatoms. The van der Waals surface area contributed by atoms with Crippen molar-refractivity contribution < 1.29 is 14.2 Å². The van der Waals surface area contributed by atoms with Gasteiger partial charge in [-0.3, -0.25) is 0 Å². The molecule has 1 aromatic carbocycles. The molecule has 1 fully saturated rings. The van der Waals surface area contributed by atoms with E-state index in [9.17, 15) is 0 Å². The van der Waals surface area contributed by atoms with E-state index in [1.165, 1.54) is 0 Å². The van der Waals surface area contributed by atoms with E-state index >= 15 is 0 Å². The summed E-state index contributed by atoms with van der Waals surface area (Å²) in [4.78, 5) is 11.4. The number of aromatic nitrogens is 1. The number of benzene rings is 1. The van der Waals surface area contributed by atoms with Crippen molar-refractivity contribution in [2.75, 3.05) is 45.9 Å². The Labute approximate surface area is 188 Å². The first-order valence-electron chi connectivity index (χ1n) is 10.3. The van der Waals surface area contributed by atoms with E-state index in [1.807, 2.05) is 31.2 Å². The van der Waals surface area contributed by atoms with Gasteiger partial charge in [-0.25, -0.2) is 9.98 Å². The average molecular weight is 448 g/mol. The van der Waals surface area contributed by atoms with Gasteiger partial charge >= 0.3 is 0 Å². The first kappa shape index (κ1) is 22.8. The Morgan fingerprint density at radius 2 is 1.97 bits per heavy atom. The highest BCUT2D eigenvalue weighted by molar-refractivity contribution is 6.32. The van der Waals surface area contributed by atoms with Crippen LogP contribution in [-0.2, 0) is 6.54 Å². The van der Waals surface area contributed by atoms with E-state index in [0.29, 0.717) is 28.8 Å². The number of hydrogen-bond donors (Lipinski definition) is 2. The molecule has 1 atom stereocenters. The monoisotopic (exact) mass is 447 g/mol. The molecule has 31 heavy (non-hydrogen) atoms. The number of anilines is 1. The standard InChI is InChI=1S/C22H30ClN5O3/c1-5-24-22(26-13-15-11-18(29-2)20(31-4)19(12-15)30-3)27-16-8-10-28(14-16)21-17(23)7-6-9-25-21/h6-7,9,11-12,16H,5,8,10,13-14H2,1-4H3,(H2,24,26,27). The van der Waals surface area contributed by atoms with E-state index < -0.39 is 0 Å². The maximum absolute atomic E-state index is 6.31. The molecular formula is C22H30ClN5O3. The highest BCUT2D eigenvalue weighted by Crippen LogP contribution is 2.38. The number of pyridine rings is 1. The summed E-state index contributed by atoms with van der Waals surface area (Å²) in [5, 5.41) is 7.51. The maximum atomic E-state index is 6.31. The molecule has 0 amide bonds. The van der Waals surface area contributed by atoms with Gasteiger partial charge in [0.2, 0.25) is 5.75 Å². The molecule has 0 spiro atoms. The molecule has 3 rings (SSSR count). The molecule has 1 aliphatic rings. The second-order valence-corrected chi connectivity index (χ2v) is 7.52. The summed E-state index contributed by atoms with van der Waals surface area (Å²) in [7, 11) is 4.81. The van der Waals surface area contributed by atoms with Gasteiger partial charge in [0.1, 0.15) is 5.82 Å². The third-order valence-corrected chi connectivity index (χ3v) is 5.35. The van der Waals surface area contributed by atoms with Crippen LogP contribution in [0.4, 0.5) is 5.82 Å². The largest absolute Gasteiger partial charge is 0.493 e. The lowest BCUT2D eigenvalue weighted by Crippen LogP contribution is -2.44. The Kier molecular flexibility index (Phi) is 8.06. The molecule has 2 heterocycles. The van der Waals surface area contributed by atoms with Crippen LogP contribution in [0.2, 0.25) is 5.02 Å². The van der Waals surface area contributed by atoms with Gasteiger partial charge in [-0.15, -0.1) is 0 Å². The quantitative estimate of drug-likeness (QED) is 0.475. The van der Waals surface area contributed by atoms with Crippen LogP contribution in [0, 0.1) is 0 Å². The molecule has 0 saturated carbocycles. The summed E-state index contributed by atoms with van der Waals surface area (Å²) in [5.74, 6) is 3.39. The first-order chi connectivity index (χ1) is 15.1. The molecule has 1 aromatic heterocycles. The molecule has 0 aliphatic carbocycles. The van der Waals surface area contributed by atoms with E-state index in [4.69, 9.17) is 30.8 Å². The summed E-state index contributed by atoms with van der Waals surface area (Å²) >= 11 is 6.31. The smallest absolute Gasteiger partial charge is 0.203 e. The fourth-order valence-electron chi connectivity index (χ4n) is 3.59. The second kappa shape index (κ2) is 10.9. The van der Waals surface area contributed by atoms with Crippen molar-refractivity contribution in [3.05, 3.63) is 41.0 Å². The van der Waals surface area contributed by atoms with Crippen LogP contribution in [0.3, 0.4) is 0 Å². The molecule has 168 valence electrons. The number of methoxy groups -OCH3 is 3. The first-order valence-corrected chi connectivity index (χ1v) is 10.7. The van der Waals surface area contributed by atoms with Crippen LogP contribution in [0.25, 0.3) is 0 Å². The number of rotatable bonds is 8. The van der Waals surface area contributed by atoms with E-state index in [-0.39, 0.29) is 6.04 Å². The molecule has 8 nitrogen and oxygen atoms in total. The molecule has 1 aliphatic heterocycles. The van der Waals surface area contributed by atoms with Crippen LogP contribution in [0.5, 0.6) is 17.2 Å². The fraction of sp³-hybridized carbons (Fsp3) is 0.455. The summed E-state index contributed by atoms with van der Waals surface area (Å²) in [6.45, 7) is 4.98. The van der Waals surface area contributed by atoms with Crippen molar-refractivity contribution in [3.63, 3.8) is 0 Å². The minimum atomic E-state index is 0.246. The Morgan fingerprint density at radius 3 is 2.58 bits per heavy atom. The van der Waals surface area contributed by atoms with Gasteiger partial charge in [0, 0.05) is 31.9 Å². The lowest BCUT2D eigenvalue weighted by atomic mass is 10.2. The summed E-state index contributed by atoms with van der Waals surface area (Å²) in [6.07, 6.45) is 2.74. The summed E-state index contributed by atoms with van der Waals surface area (Å²) in [5.41, 5.74) is 0.958. The van der Waals surface area contributed by atoms with Crippen LogP contribution in [0.1, 0.15) is 18.9 Å². The predicted molar refractivity (Wildman–Crippen MR) is 124 cm³/mol. The zero-order valence-electron chi connectivity index (χ0n) is 18.4. The minimum absolute atomic E-state index is 0.246. The van der Waals surface area contributed by atoms with Crippen LogP contribution < -0.4 is 29.7 Å². The third kappa shape index (κ3) is 5.64. The number of nitrogens with zero attached hydrogens (tertiary/aromatic N) is 3. The topological polar surface area (TPSA) is 80.2 Å². The van der Waals surface area contributed by atoms with E-state index in [2.05, 4.69) is 20.5 Å². The number of guanidine groups is 1. The maximum Gasteiger partial charge on any atom is 0.203 e. The Hall–Kier alpha value is -2.87. The Bertz CT molecular complexity index is 883. The van der Waals surface area contributed by atoms with Crippen molar-refractivity contribution in [2.45, 2.75) is 25.9 Å². The highest BCUT2D eigenvalue weighted by Gasteiger charge is 2.25. The summed E-state index contributed by atoms with van der Waals surface area (Å²) in [6, 6.07) is 7.78. The third-order valence-electron chi connectivity index (χ3n) is 5.06. The zero-order chi connectivity index (χ0) is 22.2. The summed E-state index contributed by atoms with van der Waals surface area (Å²) < 4.78 is 16.3. The zero-order valence-corrected chi connectivity index (χ0v) is 19.2. The molecule has 0 radical (unpaired) electrons. The van der Waals surface area contributed by atoms with Gasteiger partial charge in [-0.2, -0.15) is 0 Å². The van der Waals surface area contributed by atoms with Gasteiger partial charge in [0.25, 0.3) is 0 Å². The molecule has 2 aromatic rings. The SMILES string of the molecule is CCNC(=NCc1cc(OC)c(OC)c(OC)c1)NC1CCN(c2ncccc2Cl)C1. The van der Waals surface area contributed by atoms with Crippen molar-refractivity contribution in [2.24, 2.45) is 4.99 Å². The van der Waals surface area contributed by atoms with E-state index in [0.717, 1.165) is 43.4 Å². The van der Waals surface area contributed by atoms with Gasteiger partial charge in [-0.1, -0.05) is 11.6 Å². The normalized spacial score (nSPS) is 16.2. The van der Waals surface area contributed by atoms with Gasteiger partial charge in [-0.05, 0) is 43.2 Å². The minimum Gasteiger partial charge on any atom is -0.493 e. The van der Waals surface area contributed by atoms with Crippen molar-refractivity contribution in [1.82, 2.24) is 15.6 Å². The predicted octanol–water partition coefficient (Wildman–Crippen LogP) is 3.09. The molecule has 1 unspecified atom stereocenters. The fourth-order valence-corrected chi connectivity index (χ4v) is 3.83. The second-order valence-electron chi connectivity index (χ2n) is 7.11.